The third-order valence-corrected chi connectivity index (χ3v) is 9.61. The minimum Gasteiger partial charge on any atom is -0.436 e. The normalized spacial score (nSPS) is 12.9. The Hall–Kier alpha value is -5.02. The number of benzene rings is 6. The average Bonchev–Trinajstić information content (AvgIpc) is 3.50. The van der Waals surface area contributed by atoms with E-state index in [2.05, 4.69) is 153 Å². The topological polar surface area (TPSA) is 38.4 Å². The van der Waals surface area contributed by atoms with Crippen LogP contribution in [0, 0.1) is 0 Å². The van der Waals surface area contributed by atoms with Crippen molar-refractivity contribution in [3.8, 4) is 22.6 Å². The summed E-state index contributed by atoms with van der Waals surface area (Å²) in [6, 6.07) is 39.0. The largest absolute Gasteiger partial charge is 0.436 e. The van der Waals surface area contributed by atoms with E-state index >= 15 is 0 Å². The fourth-order valence-electron chi connectivity index (χ4n) is 6.54. The third kappa shape index (κ3) is 6.31. The van der Waals surface area contributed by atoms with Gasteiger partial charge in [-0.2, -0.15) is 0 Å². The second-order valence-corrected chi connectivity index (χ2v) is 16.4. The summed E-state index contributed by atoms with van der Waals surface area (Å²) >= 11 is 0. The highest BCUT2D eigenvalue weighted by Crippen LogP contribution is 2.41. The summed E-state index contributed by atoms with van der Waals surface area (Å²) in [6.07, 6.45) is 1.98. The molecule has 0 aliphatic heterocycles. The molecule has 0 aliphatic carbocycles. The quantitative estimate of drug-likeness (QED) is 0.142. The molecule has 1 aromatic heterocycles. The molecule has 246 valence electrons. The minimum atomic E-state index is -0.0742. The van der Waals surface area contributed by atoms with Crippen LogP contribution in [0.1, 0.15) is 84.6 Å². The Kier molecular flexibility index (Phi) is 7.86. The first kappa shape index (κ1) is 32.5. The van der Waals surface area contributed by atoms with E-state index in [1.165, 1.54) is 43.8 Å². The zero-order valence-electron chi connectivity index (χ0n) is 30.3. The molecule has 0 N–H and O–H groups in total. The lowest BCUT2D eigenvalue weighted by Crippen LogP contribution is -2.16. The maximum atomic E-state index is 6.68. The van der Waals surface area contributed by atoms with Gasteiger partial charge in [0.25, 0.3) is 0 Å². The summed E-state index contributed by atoms with van der Waals surface area (Å²) in [6.45, 7) is 20.5. The second-order valence-electron chi connectivity index (χ2n) is 16.4. The van der Waals surface area contributed by atoms with Crippen molar-refractivity contribution < 1.29 is 4.42 Å². The molecule has 0 aliphatic rings. The monoisotopic (exact) mass is 642 g/mol. The van der Waals surface area contributed by atoms with E-state index in [0.29, 0.717) is 5.89 Å². The van der Waals surface area contributed by atoms with E-state index in [0.717, 1.165) is 33.5 Å². The molecule has 0 amide bonds. The van der Waals surface area contributed by atoms with E-state index in [1.54, 1.807) is 0 Å². The summed E-state index contributed by atoms with van der Waals surface area (Å²) < 4.78 is 6.68. The standard InChI is InChI=1S/C46H46N2O/c1-44(2,3)32-23-30(24-33(25-32)45(4,5)6)39-26-34(46(7,8)9)27-41-42(39)48-43(49-41)38-20-14-15-21-40(38)47-28-31-22-29-16-10-11-17-35(29)37-19-13-12-18-36(31)37/h10-28H,1-9H3. The van der Waals surface area contributed by atoms with Gasteiger partial charge in [0.15, 0.2) is 5.58 Å². The second kappa shape index (κ2) is 11.8. The number of hydrogen-bond acceptors (Lipinski definition) is 3. The third-order valence-electron chi connectivity index (χ3n) is 9.61. The zero-order valence-corrected chi connectivity index (χ0v) is 30.3. The van der Waals surface area contributed by atoms with Crippen molar-refractivity contribution in [1.29, 1.82) is 0 Å². The van der Waals surface area contributed by atoms with Crippen LogP contribution in [0.15, 0.2) is 119 Å². The molecule has 0 saturated carbocycles. The van der Waals surface area contributed by atoms with E-state index in [-0.39, 0.29) is 16.2 Å². The van der Waals surface area contributed by atoms with Crippen LogP contribution in [0.25, 0.3) is 55.2 Å². The van der Waals surface area contributed by atoms with Crippen LogP contribution >= 0.6 is 0 Å². The van der Waals surface area contributed by atoms with Crippen molar-refractivity contribution in [2.24, 2.45) is 4.99 Å². The van der Waals surface area contributed by atoms with Crippen molar-refractivity contribution >= 4 is 44.5 Å². The lowest BCUT2D eigenvalue weighted by Gasteiger charge is -2.27. The molecule has 0 saturated heterocycles. The Morgan fingerprint density at radius 2 is 1.12 bits per heavy atom. The molecule has 0 atom stereocenters. The van der Waals surface area contributed by atoms with E-state index in [9.17, 15) is 0 Å². The summed E-state index contributed by atoms with van der Waals surface area (Å²) in [5.41, 5.74) is 10.4. The number of aliphatic imine (C=N–C) groups is 1. The number of fused-ring (bicyclic) bond motifs is 4. The summed E-state index contributed by atoms with van der Waals surface area (Å²) in [4.78, 5) is 10.3. The van der Waals surface area contributed by atoms with Gasteiger partial charge in [-0.1, -0.05) is 141 Å². The molecule has 7 aromatic rings. The smallest absolute Gasteiger partial charge is 0.229 e. The first-order valence-corrected chi connectivity index (χ1v) is 17.3. The van der Waals surface area contributed by atoms with Crippen LogP contribution in [0.3, 0.4) is 0 Å². The molecule has 3 nitrogen and oxygen atoms in total. The lowest BCUT2D eigenvalue weighted by molar-refractivity contribution is 0.569. The van der Waals surface area contributed by atoms with Crippen molar-refractivity contribution in [3.63, 3.8) is 0 Å². The molecule has 0 unspecified atom stereocenters. The van der Waals surface area contributed by atoms with Crippen LogP contribution in [0.2, 0.25) is 0 Å². The van der Waals surface area contributed by atoms with Crippen LogP contribution in [-0.4, -0.2) is 11.2 Å². The zero-order chi connectivity index (χ0) is 34.7. The highest BCUT2D eigenvalue weighted by Gasteiger charge is 2.25. The lowest BCUT2D eigenvalue weighted by atomic mass is 9.78. The molecule has 0 fully saturated rings. The van der Waals surface area contributed by atoms with Crippen LogP contribution < -0.4 is 0 Å². The molecule has 6 aromatic carbocycles. The van der Waals surface area contributed by atoms with Crippen LogP contribution in [0.5, 0.6) is 0 Å². The number of para-hydroxylation sites is 1. The fourth-order valence-corrected chi connectivity index (χ4v) is 6.54. The highest BCUT2D eigenvalue weighted by atomic mass is 16.3. The van der Waals surface area contributed by atoms with Gasteiger partial charge in [-0.3, -0.25) is 4.99 Å². The van der Waals surface area contributed by atoms with Crippen molar-refractivity contribution in [1.82, 2.24) is 4.98 Å². The molecule has 7 rings (SSSR count). The van der Waals surface area contributed by atoms with Gasteiger partial charge in [-0.05, 0) is 90.4 Å². The van der Waals surface area contributed by atoms with Crippen molar-refractivity contribution in [3.05, 3.63) is 131 Å². The summed E-state index contributed by atoms with van der Waals surface area (Å²) in [7, 11) is 0. The first-order chi connectivity index (χ1) is 23.2. The summed E-state index contributed by atoms with van der Waals surface area (Å²) in [5, 5.41) is 4.84. The first-order valence-electron chi connectivity index (χ1n) is 17.3. The van der Waals surface area contributed by atoms with Gasteiger partial charge in [0, 0.05) is 17.3 Å². The predicted molar refractivity (Wildman–Crippen MR) is 210 cm³/mol. The van der Waals surface area contributed by atoms with Crippen molar-refractivity contribution in [2.75, 3.05) is 0 Å². The predicted octanol–water partition coefficient (Wildman–Crippen LogP) is 13.1. The summed E-state index contributed by atoms with van der Waals surface area (Å²) in [5.74, 6) is 0.571. The maximum absolute atomic E-state index is 6.68. The number of aromatic nitrogens is 1. The Morgan fingerprint density at radius 3 is 1.80 bits per heavy atom. The van der Waals surface area contributed by atoms with Gasteiger partial charge >= 0.3 is 0 Å². The maximum Gasteiger partial charge on any atom is 0.229 e. The van der Waals surface area contributed by atoms with Crippen LogP contribution in [-0.2, 0) is 16.2 Å². The van der Waals surface area contributed by atoms with Gasteiger partial charge < -0.3 is 4.42 Å². The molecular formula is C46H46N2O. The Labute approximate surface area is 290 Å². The van der Waals surface area contributed by atoms with Crippen LogP contribution in [0.4, 0.5) is 5.69 Å². The number of hydrogen-bond donors (Lipinski definition) is 0. The van der Waals surface area contributed by atoms with E-state index < -0.39 is 0 Å². The fraction of sp³-hybridized carbons (Fsp3) is 0.261. The SMILES string of the molecule is CC(C)(C)c1cc(-c2cc(C(C)(C)C)cc3oc(-c4ccccc4N=Cc4cc5ccccc5c5ccccc45)nc23)cc(C(C)(C)C)c1. The number of oxazole rings is 1. The van der Waals surface area contributed by atoms with Gasteiger partial charge in [-0.15, -0.1) is 0 Å². The van der Waals surface area contributed by atoms with Crippen molar-refractivity contribution in [2.45, 2.75) is 78.6 Å². The Bertz CT molecular complexity index is 2350. The van der Waals surface area contributed by atoms with Gasteiger partial charge in [-0.25, -0.2) is 4.98 Å². The molecule has 0 bridgehead atoms. The molecule has 0 radical (unpaired) electrons. The average molecular weight is 643 g/mol. The molecule has 1 heterocycles. The molecule has 3 heteroatoms. The van der Waals surface area contributed by atoms with Gasteiger partial charge in [0.05, 0.1) is 11.3 Å². The van der Waals surface area contributed by atoms with E-state index in [1.807, 2.05) is 24.4 Å². The Balaban J connectivity index is 1.40. The van der Waals surface area contributed by atoms with Gasteiger partial charge in [0.1, 0.15) is 5.52 Å². The minimum absolute atomic E-state index is 0.000934. The number of rotatable bonds is 4. The molecule has 49 heavy (non-hydrogen) atoms. The van der Waals surface area contributed by atoms with Gasteiger partial charge in [0.2, 0.25) is 5.89 Å². The highest BCUT2D eigenvalue weighted by molar-refractivity contribution is 6.14. The Morgan fingerprint density at radius 1 is 0.551 bits per heavy atom. The molecule has 0 spiro atoms. The molecular weight excluding hydrogens is 597 g/mol. The number of nitrogens with zero attached hydrogens (tertiary/aromatic N) is 2. The van der Waals surface area contributed by atoms with E-state index in [4.69, 9.17) is 14.4 Å².